The molecule has 0 heterocycles. The Bertz CT molecular complexity index is 1420. The Balaban J connectivity index is 2.09. The minimum atomic E-state index is -4.21. The van der Waals surface area contributed by atoms with Gasteiger partial charge in [0.25, 0.3) is 10.0 Å². The molecule has 1 unspecified atom stereocenters. The van der Waals surface area contributed by atoms with Crippen LogP contribution in [0.5, 0.6) is 0 Å². The van der Waals surface area contributed by atoms with Gasteiger partial charge in [0, 0.05) is 17.6 Å². The summed E-state index contributed by atoms with van der Waals surface area (Å²) in [6.45, 7) is 6.99. The number of nitrogens with zero attached hydrogens (tertiary/aromatic N) is 2. The van der Waals surface area contributed by atoms with Gasteiger partial charge in [-0.2, -0.15) is 0 Å². The summed E-state index contributed by atoms with van der Waals surface area (Å²) >= 11 is 12.5. The quantitative estimate of drug-likeness (QED) is 0.305. The number of sulfonamides is 1. The summed E-state index contributed by atoms with van der Waals surface area (Å²) in [7, 11) is -4.21. The molecule has 7 nitrogen and oxygen atoms in total. The van der Waals surface area contributed by atoms with Gasteiger partial charge in [0.2, 0.25) is 11.8 Å². The molecule has 1 atom stereocenters. The highest BCUT2D eigenvalue weighted by Gasteiger charge is 2.34. The van der Waals surface area contributed by atoms with Gasteiger partial charge >= 0.3 is 0 Å². The van der Waals surface area contributed by atoms with Crippen molar-refractivity contribution in [1.29, 1.82) is 0 Å². The number of halogens is 2. The topological polar surface area (TPSA) is 86.8 Å². The molecular weight excluding hydrogens is 557 g/mol. The van der Waals surface area contributed by atoms with Crippen molar-refractivity contribution in [2.45, 2.75) is 57.6 Å². The monoisotopic (exact) mass is 589 g/mol. The number of aryl methyl sites for hydroxylation is 1. The zero-order valence-electron chi connectivity index (χ0n) is 22.4. The lowest BCUT2D eigenvalue weighted by molar-refractivity contribution is -0.140. The summed E-state index contributed by atoms with van der Waals surface area (Å²) in [5, 5.41) is 3.28. The Kier molecular flexibility index (Phi) is 10.4. The van der Waals surface area contributed by atoms with E-state index in [1.165, 1.54) is 35.2 Å². The van der Waals surface area contributed by atoms with E-state index in [9.17, 15) is 18.0 Å². The molecule has 3 aromatic carbocycles. The normalized spacial score (nSPS) is 12.2. The molecule has 0 aliphatic heterocycles. The van der Waals surface area contributed by atoms with Gasteiger partial charge < -0.3 is 10.2 Å². The van der Waals surface area contributed by atoms with Crippen LogP contribution in [-0.2, 0) is 26.2 Å². The van der Waals surface area contributed by atoms with Crippen LogP contribution in [0, 0.1) is 6.92 Å². The molecule has 0 bridgehead atoms. The van der Waals surface area contributed by atoms with Crippen LogP contribution in [0.3, 0.4) is 0 Å². The molecule has 0 saturated carbocycles. The van der Waals surface area contributed by atoms with Crippen molar-refractivity contribution in [2.24, 2.45) is 0 Å². The number of rotatable bonds is 11. The maximum Gasteiger partial charge on any atom is 0.264 e. The maximum absolute atomic E-state index is 14.0. The van der Waals surface area contributed by atoms with Crippen molar-refractivity contribution in [2.75, 3.05) is 10.8 Å². The molecule has 0 aliphatic carbocycles. The van der Waals surface area contributed by atoms with Crippen molar-refractivity contribution in [3.63, 3.8) is 0 Å². The molecule has 0 radical (unpaired) electrons. The second kappa shape index (κ2) is 13.3. The van der Waals surface area contributed by atoms with E-state index < -0.39 is 28.5 Å². The smallest absolute Gasteiger partial charge is 0.264 e. The van der Waals surface area contributed by atoms with Gasteiger partial charge in [-0.3, -0.25) is 13.9 Å². The predicted octanol–water partition coefficient (Wildman–Crippen LogP) is 5.83. The van der Waals surface area contributed by atoms with E-state index in [0.29, 0.717) is 11.4 Å². The minimum Gasteiger partial charge on any atom is -0.352 e. The lowest BCUT2D eigenvalue weighted by Crippen LogP contribution is -2.53. The first kappa shape index (κ1) is 30.5. The standard InChI is InChI=1S/C29H33Cl2N3O4S/c1-5-26(29(36)32-20(2)3)33(18-22-11-9-10-21(4)16-22)28(35)19-34(27-15-14-23(30)17-25(27)31)39(37,38)24-12-7-6-8-13-24/h6-17,20,26H,5,18-19H2,1-4H3,(H,32,36). The van der Waals surface area contributed by atoms with E-state index in [1.807, 2.05) is 52.0 Å². The van der Waals surface area contributed by atoms with Gasteiger partial charge in [-0.15, -0.1) is 0 Å². The van der Waals surface area contributed by atoms with Crippen LogP contribution in [0.15, 0.2) is 77.7 Å². The zero-order valence-corrected chi connectivity index (χ0v) is 24.7. The minimum absolute atomic E-state index is 0.00126. The summed E-state index contributed by atoms with van der Waals surface area (Å²) < 4.78 is 28.6. The molecule has 3 rings (SSSR count). The van der Waals surface area contributed by atoms with Gasteiger partial charge in [0.05, 0.1) is 15.6 Å². The van der Waals surface area contributed by atoms with Crippen molar-refractivity contribution >= 4 is 50.7 Å². The Morgan fingerprint density at radius 1 is 0.949 bits per heavy atom. The summed E-state index contributed by atoms with van der Waals surface area (Å²) in [5.41, 5.74) is 1.93. The second-order valence-electron chi connectivity index (χ2n) is 9.52. The molecule has 39 heavy (non-hydrogen) atoms. The molecule has 0 aromatic heterocycles. The van der Waals surface area contributed by atoms with Crippen molar-refractivity contribution < 1.29 is 18.0 Å². The number of benzene rings is 3. The highest BCUT2D eigenvalue weighted by molar-refractivity contribution is 7.92. The summed E-state index contributed by atoms with van der Waals surface area (Å²) in [6, 6.07) is 18.9. The molecule has 3 aromatic rings. The molecule has 10 heteroatoms. The van der Waals surface area contributed by atoms with Gasteiger partial charge in [-0.05, 0) is 63.1 Å². The molecule has 0 fully saturated rings. The van der Waals surface area contributed by atoms with Crippen LogP contribution in [0.1, 0.15) is 38.3 Å². The third kappa shape index (κ3) is 7.75. The van der Waals surface area contributed by atoms with Gasteiger partial charge in [-0.1, -0.05) is 78.2 Å². The molecule has 0 aliphatic rings. The first-order valence-electron chi connectivity index (χ1n) is 12.6. The first-order valence-corrected chi connectivity index (χ1v) is 14.8. The highest BCUT2D eigenvalue weighted by atomic mass is 35.5. The van der Waals surface area contributed by atoms with E-state index in [2.05, 4.69) is 5.32 Å². The number of hydrogen-bond acceptors (Lipinski definition) is 4. The molecule has 208 valence electrons. The van der Waals surface area contributed by atoms with E-state index in [-0.39, 0.29) is 34.1 Å². The largest absolute Gasteiger partial charge is 0.352 e. The van der Waals surface area contributed by atoms with Crippen LogP contribution < -0.4 is 9.62 Å². The van der Waals surface area contributed by atoms with Crippen LogP contribution in [0.4, 0.5) is 5.69 Å². The lowest BCUT2D eigenvalue weighted by Gasteiger charge is -2.33. The average Bonchev–Trinajstić information content (AvgIpc) is 2.87. The fraction of sp³-hybridized carbons (Fsp3) is 0.310. The van der Waals surface area contributed by atoms with E-state index in [4.69, 9.17) is 23.2 Å². The molecule has 0 saturated heterocycles. The van der Waals surface area contributed by atoms with E-state index >= 15 is 0 Å². The Morgan fingerprint density at radius 2 is 1.64 bits per heavy atom. The molecular formula is C29H33Cl2N3O4S. The zero-order chi connectivity index (χ0) is 28.7. The van der Waals surface area contributed by atoms with Crippen molar-refractivity contribution in [1.82, 2.24) is 10.2 Å². The van der Waals surface area contributed by atoms with Crippen molar-refractivity contribution in [3.8, 4) is 0 Å². The van der Waals surface area contributed by atoms with Crippen LogP contribution >= 0.6 is 23.2 Å². The Morgan fingerprint density at radius 3 is 2.23 bits per heavy atom. The SMILES string of the molecule is CCC(C(=O)NC(C)C)N(Cc1cccc(C)c1)C(=O)CN(c1ccc(Cl)cc1Cl)S(=O)(=O)c1ccccc1. The van der Waals surface area contributed by atoms with E-state index in [0.717, 1.165) is 15.4 Å². The average molecular weight is 591 g/mol. The maximum atomic E-state index is 14.0. The summed E-state index contributed by atoms with van der Waals surface area (Å²) in [5.74, 6) is -0.858. The number of hydrogen-bond donors (Lipinski definition) is 1. The number of carbonyl (C=O) groups is 2. The molecule has 1 N–H and O–H groups in total. The Labute approximate surface area is 240 Å². The van der Waals surface area contributed by atoms with Crippen LogP contribution in [0.2, 0.25) is 10.0 Å². The first-order chi connectivity index (χ1) is 18.4. The number of carbonyl (C=O) groups excluding carboxylic acids is 2. The second-order valence-corrected chi connectivity index (χ2v) is 12.2. The van der Waals surface area contributed by atoms with Gasteiger partial charge in [0.15, 0.2) is 0 Å². The lowest BCUT2D eigenvalue weighted by atomic mass is 10.1. The molecule has 2 amide bonds. The third-order valence-corrected chi connectivity index (χ3v) is 8.35. The predicted molar refractivity (Wildman–Crippen MR) is 157 cm³/mol. The highest BCUT2D eigenvalue weighted by Crippen LogP contribution is 2.33. The number of amides is 2. The summed E-state index contributed by atoms with van der Waals surface area (Å²) in [4.78, 5) is 28.6. The number of anilines is 1. The molecule has 0 spiro atoms. The van der Waals surface area contributed by atoms with Crippen molar-refractivity contribution in [3.05, 3.63) is 94.0 Å². The fourth-order valence-corrected chi connectivity index (χ4v) is 6.24. The summed E-state index contributed by atoms with van der Waals surface area (Å²) in [6.07, 6.45) is 0.337. The van der Waals surface area contributed by atoms with Crippen LogP contribution in [-0.4, -0.2) is 43.8 Å². The Hall–Kier alpha value is -3.07. The third-order valence-electron chi connectivity index (χ3n) is 6.04. The van der Waals surface area contributed by atoms with Crippen LogP contribution in [0.25, 0.3) is 0 Å². The fourth-order valence-electron chi connectivity index (χ4n) is 4.22. The number of nitrogens with one attached hydrogen (secondary N) is 1. The van der Waals surface area contributed by atoms with Gasteiger partial charge in [0.1, 0.15) is 12.6 Å². The van der Waals surface area contributed by atoms with Gasteiger partial charge in [-0.25, -0.2) is 8.42 Å². The van der Waals surface area contributed by atoms with E-state index in [1.54, 1.807) is 18.2 Å².